The minimum atomic E-state index is -1.04. The van der Waals surface area contributed by atoms with Gasteiger partial charge >= 0.3 is 11.0 Å². The molecule has 0 radical (unpaired) electrons. The summed E-state index contributed by atoms with van der Waals surface area (Å²) in [6.45, 7) is 2.11. The first-order valence-corrected chi connectivity index (χ1v) is 7.40. The van der Waals surface area contributed by atoms with E-state index in [4.69, 9.17) is 0 Å². The number of thiazole rings is 1. The van der Waals surface area contributed by atoms with Crippen LogP contribution in [0.3, 0.4) is 0 Å². The first-order valence-electron chi connectivity index (χ1n) is 6.58. The van der Waals surface area contributed by atoms with Crippen molar-refractivity contribution in [2.24, 2.45) is 5.92 Å². The zero-order valence-corrected chi connectivity index (χ0v) is 12.0. The standard InChI is InChI=1S/C12H17N3O4S/c1-2-8-3-5-12(6-4-8,10(16)17)14-11-13-7-9(20-11)15(18)19/h7-8H,2-6H2,1H3,(H,13,14)(H,16,17). The third kappa shape index (κ3) is 2.90. The summed E-state index contributed by atoms with van der Waals surface area (Å²) in [6, 6.07) is 0. The SMILES string of the molecule is CCC1CCC(Nc2ncc([N+](=O)[O-])s2)(C(=O)O)CC1. The van der Waals surface area contributed by atoms with Crippen LogP contribution in [0.15, 0.2) is 6.20 Å². The van der Waals surface area contributed by atoms with E-state index in [-0.39, 0.29) is 5.00 Å². The molecule has 7 nitrogen and oxygen atoms in total. The molecule has 0 aliphatic heterocycles. The number of carbonyl (C=O) groups is 1. The van der Waals surface area contributed by atoms with Gasteiger partial charge in [0.2, 0.25) is 0 Å². The number of nitrogens with zero attached hydrogens (tertiary/aromatic N) is 2. The van der Waals surface area contributed by atoms with Gasteiger partial charge in [-0.05, 0) is 42.9 Å². The van der Waals surface area contributed by atoms with Gasteiger partial charge < -0.3 is 10.4 Å². The molecule has 1 fully saturated rings. The molecule has 1 heterocycles. The molecule has 1 aromatic heterocycles. The van der Waals surface area contributed by atoms with Crippen molar-refractivity contribution in [3.05, 3.63) is 16.3 Å². The van der Waals surface area contributed by atoms with E-state index in [1.807, 2.05) is 0 Å². The molecule has 1 aliphatic rings. The molecule has 1 aromatic rings. The average Bonchev–Trinajstić information content (AvgIpc) is 2.88. The fraction of sp³-hybridized carbons (Fsp3) is 0.667. The maximum absolute atomic E-state index is 11.6. The molecule has 0 unspecified atom stereocenters. The summed E-state index contributed by atoms with van der Waals surface area (Å²) in [6.07, 6.45) is 4.95. The van der Waals surface area contributed by atoms with E-state index < -0.39 is 16.4 Å². The predicted molar refractivity (Wildman–Crippen MR) is 75.0 cm³/mol. The van der Waals surface area contributed by atoms with Gasteiger partial charge in [0.05, 0.1) is 4.92 Å². The van der Waals surface area contributed by atoms with Gasteiger partial charge in [-0.3, -0.25) is 10.1 Å². The highest BCUT2D eigenvalue weighted by Crippen LogP contribution is 2.38. The number of nitro groups is 1. The fourth-order valence-electron chi connectivity index (χ4n) is 2.58. The molecular formula is C12H17N3O4S. The third-order valence-electron chi connectivity index (χ3n) is 3.97. The molecule has 0 amide bonds. The van der Waals surface area contributed by atoms with Gasteiger partial charge in [-0.15, -0.1) is 0 Å². The molecule has 0 aromatic carbocycles. The van der Waals surface area contributed by atoms with Crippen LogP contribution >= 0.6 is 11.3 Å². The maximum Gasteiger partial charge on any atom is 0.345 e. The summed E-state index contributed by atoms with van der Waals surface area (Å²) >= 11 is 0.872. The predicted octanol–water partition coefficient (Wildman–Crippen LogP) is 2.89. The van der Waals surface area contributed by atoms with Crippen molar-refractivity contribution in [3.63, 3.8) is 0 Å². The van der Waals surface area contributed by atoms with Crippen molar-refractivity contribution in [1.82, 2.24) is 4.98 Å². The molecule has 8 heteroatoms. The first kappa shape index (κ1) is 14.7. The lowest BCUT2D eigenvalue weighted by molar-refractivity contribution is -0.380. The molecule has 1 saturated carbocycles. The van der Waals surface area contributed by atoms with Gasteiger partial charge in [0, 0.05) is 0 Å². The number of carboxylic acids is 1. The Kier molecular flexibility index (Phi) is 4.22. The van der Waals surface area contributed by atoms with Crippen LogP contribution in [0.1, 0.15) is 39.0 Å². The lowest BCUT2D eigenvalue weighted by atomic mass is 9.75. The summed E-state index contributed by atoms with van der Waals surface area (Å²) < 4.78 is 0. The number of carboxylic acid groups (broad SMARTS) is 1. The largest absolute Gasteiger partial charge is 0.480 e. The third-order valence-corrected chi connectivity index (χ3v) is 4.83. The van der Waals surface area contributed by atoms with Crippen LogP contribution in [-0.4, -0.2) is 26.5 Å². The zero-order chi connectivity index (χ0) is 14.8. The number of hydrogen-bond donors (Lipinski definition) is 2. The van der Waals surface area contributed by atoms with Crippen LogP contribution in [-0.2, 0) is 4.79 Å². The van der Waals surface area contributed by atoms with Gasteiger partial charge in [0.15, 0.2) is 5.13 Å². The minimum absolute atomic E-state index is 0.0877. The topological polar surface area (TPSA) is 105 Å². The normalized spacial score (nSPS) is 26.1. The molecule has 0 atom stereocenters. The molecule has 2 N–H and O–H groups in total. The number of aliphatic carboxylic acids is 1. The van der Waals surface area contributed by atoms with E-state index in [1.165, 1.54) is 0 Å². The molecule has 20 heavy (non-hydrogen) atoms. The van der Waals surface area contributed by atoms with Gasteiger partial charge in [-0.25, -0.2) is 9.78 Å². The Morgan fingerprint density at radius 1 is 1.65 bits per heavy atom. The van der Waals surface area contributed by atoms with Gasteiger partial charge in [-0.1, -0.05) is 13.3 Å². The summed E-state index contributed by atoms with van der Waals surface area (Å²) in [5.74, 6) is -0.347. The Bertz CT molecular complexity index is 509. The molecule has 0 saturated heterocycles. The maximum atomic E-state index is 11.6. The Morgan fingerprint density at radius 2 is 2.30 bits per heavy atom. The van der Waals surface area contributed by atoms with E-state index >= 15 is 0 Å². The highest BCUT2D eigenvalue weighted by Gasteiger charge is 2.42. The fourth-order valence-corrected chi connectivity index (χ4v) is 3.31. The van der Waals surface area contributed by atoms with Gasteiger partial charge in [0.1, 0.15) is 11.7 Å². The van der Waals surface area contributed by atoms with Crippen molar-refractivity contribution >= 4 is 27.4 Å². The average molecular weight is 299 g/mol. The molecule has 0 spiro atoms. The monoisotopic (exact) mass is 299 g/mol. The van der Waals surface area contributed by atoms with Crippen LogP contribution in [0.5, 0.6) is 0 Å². The quantitative estimate of drug-likeness (QED) is 0.639. The van der Waals surface area contributed by atoms with Crippen molar-refractivity contribution in [1.29, 1.82) is 0 Å². The van der Waals surface area contributed by atoms with E-state index in [2.05, 4.69) is 17.2 Å². The van der Waals surface area contributed by atoms with E-state index in [0.717, 1.165) is 36.8 Å². The van der Waals surface area contributed by atoms with Crippen molar-refractivity contribution < 1.29 is 14.8 Å². The Balaban J connectivity index is 2.13. The van der Waals surface area contributed by atoms with Crippen molar-refractivity contribution in [3.8, 4) is 0 Å². The second-order valence-corrected chi connectivity index (χ2v) is 6.13. The van der Waals surface area contributed by atoms with E-state index in [9.17, 15) is 20.0 Å². The van der Waals surface area contributed by atoms with E-state index in [0.29, 0.717) is 23.9 Å². The van der Waals surface area contributed by atoms with Crippen LogP contribution in [0.4, 0.5) is 10.1 Å². The highest BCUT2D eigenvalue weighted by atomic mass is 32.1. The smallest absolute Gasteiger partial charge is 0.345 e. The number of aromatic nitrogens is 1. The summed E-state index contributed by atoms with van der Waals surface area (Å²) in [4.78, 5) is 25.6. The summed E-state index contributed by atoms with van der Waals surface area (Å²) in [5.41, 5.74) is -1.04. The number of anilines is 1. The first-order chi connectivity index (χ1) is 9.47. The van der Waals surface area contributed by atoms with Crippen molar-refractivity contribution in [2.75, 3.05) is 5.32 Å². The second-order valence-electron chi connectivity index (χ2n) is 5.12. The summed E-state index contributed by atoms with van der Waals surface area (Å²) in [7, 11) is 0. The Hall–Kier alpha value is -1.70. The van der Waals surface area contributed by atoms with E-state index in [1.54, 1.807) is 0 Å². The van der Waals surface area contributed by atoms with Crippen LogP contribution in [0, 0.1) is 16.0 Å². The van der Waals surface area contributed by atoms with Gasteiger partial charge in [-0.2, -0.15) is 0 Å². The van der Waals surface area contributed by atoms with Crippen molar-refractivity contribution in [2.45, 2.75) is 44.6 Å². The summed E-state index contributed by atoms with van der Waals surface area (Å²) in [5, 5.41) is 23.3. The molecule has 1 aliphatic carbocycles. The lowest BCUT2D eigenvalue weighted by Crippen LogP contribution is -2.49. The molecule has 110 valence electrons. The molecule has 0 bridgehead atoms. The Morgan fingerprint density at radius 3 is 2.75 bits per heavy atom. The highest BCUT2D eigenvalue weighted by molar-refractivity contribution is 7.18. The molecule has 2 rings (SSSR count). The van der Waals surface area contributed by atoms with Gasteiger partial charge in [0.25, 0.3) is 0 Å². The second kappa shape index (κ2) is 5.74. The number of rotatable bonds is 5. The van der Waals surface area contributed by atoms with Crippen LogP contribution < -0.4 is 5.32 Å². The Labute approximate surface area is 120 Å². The van der Waals surface area contributed by atoms with Crippen LogP contribution in [0.2, 0.25) is 0 Å². The number of hydrogen-bond acceptors (Lipinski definition) is 6. The van der Waals surface area contributed by atoms with Crippen LogP contribution in [0.25, 0.3) is 0 Å². The number of nitrogens with one attached hydrogen (secondary N) is 1. The minimum Gasteiger partial charge on any atom is -0.480 e. The lowest BCUT2D eigenvalue weighted by Gasteiger charge is -2.37. The molecular weight excluding hydrogens is 282 g/mol. The zero-order valence-electron chi connectivity index (χ0n) is 11.2.